The van der Waals surface area contributed by atoms with Crippen molar-refractivity contribution in [2.24, 2.45) is 0 Å². The smallest absolute Gasteiger partial charge is 0.337 e. The molecule has 0 fully saturated rings. The number of methoxy groups -OCH3 is 1. The Kier molecular flexibility index (Phi) is 5.08. The van der Waals surface area contributed by atoms with Crippen LogP contribution in [0.15, 0.2) is 23.1 Å². The van der Waals surface area contributed by atoms with Crippen molar-refractivity contribution in [1.29, 1.82) is 0 Å². The van der Waals surface area contributed by atoms with Gasteiger partial charge in [0.15, 0.2) is 0 Å². The summed E-state index contributed by atoms with van der Waals surface area (Å²) in [5.41, 5.74) is 0.807. The first kappa shape index (κ1) is 15.7. The Morgan fingerprint density at radius 3 is 2.58 bits per heavy atom. The van der Waals surface area contributed by atoms with E-state index in [9.17, 15) is 13.2 Å². The molecule has 19 heavy (non-hydrogen) atoms. The molecule has 0 aliphatic heterocycles. The van der Waals surface area contributed by atoms with Crippen molar-refractivity contribution in [2.75, 3.05) is 7.11 Å². The lowest BCUT2D eigenvalue weighted by molar-refractivity contribution is 0.0600. The molecule has 1 rings (SSSR count). The van der Waals surface area contributed by atoms with Gasteiger partial charge in [0, 0.05) is 6.04 Å². The van der Waals surface area contributed by atoms with E-state index >= 15 is 0 Å². The highest BCUT2D eigenvalue weighted by molar-refractivity contribution is 7.89. The lowest BCUT2D eigenvalue weighted by Gasteiger charge is -2.14. The van der Waals surface area contributed by atoms with E-state index in [1.54, 1.807) is 26.0 Å². The Bertz CT molecular complexity index is 566. The maximum Gasteiger partial charge on any atom is 0.337 e. The molecule has 106 valence electrons. The zero-order valence-electron chi connectivity index (χ0n) is 11.6. The number of esters is 1. The zero-order valence-corrected chi connectivity index (χ0v) is 12.4. The maximum absolute atomic E-state index is 12.2. The third-order valence-electron chi connectivity index (χ3n) is 2.87. The highest BCUT2D eigenvalue weighted by Crippen LogP contribution is 2.18. The standard InChI is InChI=1S/C13H19NO4S/c1-5-10(3)14-19(16,17)12-8-11(13(15)18-4)7-6-9(12)2/h6-8,10,14H,5H2,1-4H3. The van der Waals surface area contributed by atoms with Crippen molar-refractivity contribution in [2.45, 2.75) is 38.1 Å². The number of ether oxygens (including phenoxy) is 1. The third kappa shape index (κ3) is 3.78. The van der Waals surface area contributed by atoms with Crippen LogP contribution in [0.1, 0.15) is 36.2 Å². The number of carbonyl (C=O) groups excluding carboxylic acids is 1. The van der Waals surface area contributed by atoms with Gasteiger partial charge in [-0.2, -0.15) is 0 Å². The molecule has 5 nitrogen and oxygen atoms in total. The van der Waals surface area contributed by atoms with E-state index in [4.69, 9.17) is 0 Å². The SMILES string of the molecule is CCC(C)NS(=O)(=O)c1cc(C(=O)OC)ccc1C. The van der Waals surface area contributed by atoms with Crippen molar-refractivity contribution in [1.82, 2.24) is 4.72 Å². The van der Waals surface area contributed by atoms with Gasteiger partial charge in [-0.25, -0.2) is 17.9 Å². The summed E-state index contributed by atoms with van der Waals surface area (Å²) in [7, 11) is -2.37. The summed E-state index contributed by atoms with van der Waals surface area (Å²) in [6, 6.07) is 4.32. The average molecular weight is 285 g/mol. The minimum Gasteiger partial charge on any atom is -0.465 e. The molecular weight excluding hydrogens is 266 g/mol. The Labute approximate surface area is 114 Å². The lowest BCUT2D eigenvalue weighted by atomic mass is 10.1. The van der Waals surface area contributed by atoms with Gasteiger partial charge in [0.05, 0.1) is 17.6 Å². The van der Waals surface area contributed by atoms with Crippen LogP contribution >= 0.6 is 0 Å². The van der Waals surface area contributed by atoms with Gasteiger partial charge in [0.1, 0.15) is 0 Å². The normalized spacial score (nSPS) is 13.1. The van der Waals surface area contributed by atoms with Crippen LogP contribution < -0.4 is 4.72 Å². The Balaban J connectivity index is 3.22. The van der Waals surface area contributed by atoms with Crippen LogP contribution in [-0.4, -0.2) is 27.5 Å². The number of hydrogen-bond donors (Lipinski definition) is 1. The van der Waals surface area contributed by atoms with Gasteiger partial charge in [0.25, 0.3) is 0 Å². The highest BCUT2D eigenvalue weighted by atomic mass is 32.2. The summed E-state index contributed by atoms with van der Waals surface area (Å²) in [6.45, 7) is 5.37. The maximum atomic E-state index is 12.2. The predicted octanol–water partition coefficient (Wildman–Crippen LogP) is 1.86. The number of rotatable bonds is 5. The Morgan fingerprint density at radius 2 is 2.05 bits per heavy atom. The van der Waals surface area contributed by atoms with Crippen LogP contribution in [0.25, 0.3) is 0 Å². The predicted molar refractivity (Wildman–Crippen MR) is 72.6 cm³/mol. The molecule has 0 aromatic heterocycles. The van der Waals surface area contributed by atoms with Crippen molar-refractivity contribution >= 4 is 16.0 Å². The van der Waals surface area contributed by atoms with Crippen molar-refractivity contribution in [3.8, 4) is 0 Å². The summed E-state index contributed by atoms with van der Waals surface area (Å²) < 4.78 is 31.6. The number of sulfonamides is 1. The Morgan fingerprint density at radius 1 is 1.42 bits per heavy atom. The first-order chi connectivity index (χ1) is 8.81. The summed E-state index contributed by atoms with van der Waals surface area (Å²) in [4.78, 5) is 11.6. The van der Waals surface area contributed by atoms with Crippen LogP contribution in [-0.2, 0) is 14.8 Å². The second kappa shape index (κ2) is 6.16. The number of hydrogen-bond acceptors (Lipinski definition) is 4. The van der Waals surface area contributed by atoms with Gasteiger partial charge in [-0.15, -0.1) is 0 Å². The zero-order chi connectivity index (χ0) is 14.6. The first-order valence-corrected chi connectivity index (χ1v) is 7.51. The Hall–Kier alpha value is -1.40. The quantitative estimate of drug-likeness (QED) is 0.838. The molecule has 0 aliphatic carbocycles. The summed E-state index contributed by atoms with van der Waals surface area (Å²) >= 11 is 0. The molecule has 0 saturated heterocycles. The average Bonchev–Trinajstić information content (AvgIpc) is 2.37. The van der Waals surface area contributed by atoms with Gasteiger partial charge in [-0.1, -0.05) is 13.0 Å². The summed E-state index contributed by atoms with van der Waals surface area (Å²) in [5.74, 6) is -0.556. The van der Waals surface area contributed by atoms with Gasteiger partial charge < -0.3 is 4.74 Å². The molecule has 0 heterocycles. The van der Waals surface area contributed by atoms with E-state index in [0.717, 1.165) is 0 Å². The minimum atomic E-state index is -3.62. The fourth-order valence-electron chi connectivity index (χ4n) is 1.55. The van der Waals surface area contributed by atoms with Gasteiger partial charge in [-0.05, 0) is 38.0 Å². The van der Waals surface area contributed by atoms with E-state index in [1.165, 1.54) is 13.2 Å². The molecule has 1 N–H and O–H groups in total. The van der Waals surface area contributed by atoms with E-state index in [0.29, 0.717) is 12.0 Å². The highest BCUT2D eigenvalue weighted by Gasteiger charge is 2.20. The summed E-state index contributed by atoms with van der Waals surface area (Å²) in [5, 5.41) is 0. The van der Waals surface area contributed by atoms with Gasteiger partial charge >= 0.3 is 5.97 Å². The molecule has 0 radical (unpaired) electrons. The van der Waals surface area contributed by atoms with Crippen molar-refractivity contribution in [3.63, 3.8) is 0 Å². The van der Waals surface area contributed by atoms with E-state index in [2.05, 4.69) is 9.46 Å². The molecule has 6 heteroatoms. The van der Waals surface area contributed by atoms with Crippen LogP contribution in [0.2, 0.25) is 0 Å². The number of carbonyl (C=O) groups is 1. The molecule has 1 aromatic carbocycles. The van der Waals surface area contributed by atoms with Gasteiger partial charge in [-0.3, -0.25) is 0 Å². The van der Waals surface area contributed by atoms with Gasteiger partial charge in [0.2, 0.25) is 10.0 Å². The van der Waals surface area contributed by atoms with Crippen LogP contribution in [0.5, 0.6) is 0 Å². The molecule has 0 saturated carbocycles. The molecule has 1 aromatic rings. The number of aryl methyl sites for hydroxylation is 1. The minimum absolute atomic E-state index is 0.107. The summed E-state index contributed by atoms with van der Waals surface area (Å²) in [6.07, 6.45) is 0.689. The molecule has 1 atom stereocenters. The van der Waals surface area contributed by atoms with E-state index < -0.39 is 16.0 Å². The monoisotopic (exact) mass is 285 g/mol. The number of benzene rings is 1. The van der Waals surface area contributed by atoms with Crippen molar-refractivity contribution < 1.29 is 17.9 Å². The molecule has 1 unspecified atom stereocenters. The fraction of sp³-hybridized carbons (Fsp3) is 0.462. The topological polar surface area (TPSA) is 72.5 Å². The second-order valence-electron chi connectivity index (χ2n) is 4.40. The van der Waals surface area contributed by atoms with E-state index in [1.807, 2.05) is 6.92 Å². The van der Waals surface area contributed by atoms with Crippen LogP contribution in [0, 0.1) is 6.92 Å². The van der Waals surface area contributed by atoms with Crippen molar-refractivity contribution in [3.05, 3.63) is 29.3 Å². The molecule has 0 amide bonds. The third-order valence-corrected chi connectivity index (χ3v) is 4.60. The van der Waals surface area contributed by atoms with Crippen LogP contribution in [0.3, 0.4) is 0 Å². The molecular formula is C13H19NO4S. The lowest BCUT2D eigenvalue weighted by Crippen LogP contribution is -2.32. The van der Waals surface area contributed by atoms with Crippen LogP contribution in [0.4, 0.5) is 0 Å². The largest absolute Gasteiger partial charge is 0.465 e. The first-order valence-electron chi connectivity index (χ1n) is 6.03. The second-order valence-corrected chi connectivity index (χ2v) is 6.08. The fourth-order valence-corrected chi connectivity index (χ4v) is 3.14. The molecule has 0 aliphatic rings. The molecule has 0 bridgehead atoms. The van der Waals surface area contributed by atoms with E-state index in [-0.39, 0.29) is 16.5 Å². The number of nitrogens with one attached hydrogen (secondary N) is 1. The molecule has 0 spiro atoms.